The van der Waals surface area contributed by atoms with Crippen LogP contribution in [0.15, 0.2) is 60.4 Å². The fraction of sp³-hybridized carbons (Fsp3) is 0.543. The van der Waals surface area contributed by atoms with E-state index < -0.39 is 5.41 Å². The molecule has 1 amide bonds. The lowest BCUT2D eigenvalue weighted by Gasteiger charge is -2.45. The van der Waals surface area contributed by atoms with Crippen LogP contribution in [0.25, 0.3) is 0 Å². The van der Waals surface area contributed by atoms with Gasteiger partial charge in [0.15, 0.2) is 0 Å². The van der Waals surface area contributed by atoms with Gasteiger partial charge in [0.25, 0.3) is 0 Å². The van der Waals surface area contributed by atoms with Gasteiger partial charge in [-0.3, -0.25) is 9.69 Å². The summed E-state index contributed by atoms with van der Waals surface area (Å²) in [4.78, 5) is 31.8. The minimum atomic E-state index is -0.590. The first-order chi connectivity index (χ1) is 20.9. The van der Waals surface area contributed by atoms with Crippen LogP contribution >= 0.6 is 0 Å². The molecule has 3 heterocycles. The van der Waals surface area contributed by atoms with Crippen molar-refractivity contribution < 1.29 is 28.9 Å². The van der Waals surface area contributed by atoms with Gasteiger partial charge in [-0.2, -0.15) is 0 Å². The number of hydrogen-bond donors (Lipinski definition) is 1. The third kappa shape index (κ3) is 6.12. The Bertz CT molecular complexity index is 1290. The van der Waals surface area contributed by atoms with Crippen LogP contribution in [0.1, 0.15) is 63.9 Å². The number of benzene rings is 2. The summed E-state index contributed by atoms with van der Waals surface area (Å²) in [6.07, 6.45) is 9.15. The number of phenols is 1. The van der Waals surface area contributed by atoms with E-state index in [4.69, 9.17) is 14.2 Å². The molecular weight excluding hydrogens is 544 g/mol. The van der Waals surface area contributed by atoms with E-state index in [1.54, 1.807) is 37.6 Å². The van der Waals surface area contributed by atoms with Crippen LogP contribution in [0.5, 0.6) is 11.5 Å². The van der Waals surface area contributed by atoms with E-state index in [9.17, 15) is 14.7 Å². The number of ether oxygens (including phenoxy) is 3. The van der Waals surface area contributed by atoms with E-state index in [-0.39, 0.29) is 29.6 Å². The SMILES string of the molecule is CC[C@H]1CN2CC[C@]3(C(=O)N(CCCCCCCOc4ccc(O)cc4)c4ccccc43)C2C[C@@H]1/C(=C\OC)C(=O)OC. The molecule has 0 radical (unpaired) electrons. The summed E-state index contributed by atoms with van der Waals surface area (Å²) < 4.78 is 16.3. The van der Waals surface area contributed by atoms with Gasteiger partial charge in [0, 0.05) is 24.8 Å². The molecule has 0 aliphatic carbocycles. The van der Waals surface area contributed by atoms with E-state index in [0.29, 0.717) is 24.6 Å². The van der Waals surface area contributed by atoms with Crippen molar-refractivity contribution in [2.75, 3.05) is 45.4 Å². The second-order valence-corrected chi connectivity index (χ2v) is 12.1. The summed E-state index contributed by atoms with van der Waals surface area (Å²) in [5, 5.41) is 9.40. The van der Waals surface area contributed by atoms with E-state index in [1.165, 1.54) is 7.11 Å². The maximum atomic E-state index is 14.5. The lowest BCUT2D eigenvalue weighted by atomic mass is 9.67. The molecule has 232 valence electrons. The van der Waals surface area contributed by atoms with E-state index in [2.05, 4.69) is 30.0 Å². The zero-order valence-corrected chi connectivity index (χ0v) is 25.8. The van der Waals surface area contributed by atoms with Crippen molar-refractivity contribution in [2.24, 2.45) is 11.8 Å². The number of carbonyl (C=O) groups excluding carboxylic acids is 2. The Hall–Kier alpha value is -3.52. The Kier molecular flexibility index (Phi) is 9.96. The largest absolute Gasteiger partial charge is 0.508 e. The zero-order chi connectivity index (χ0) is 30.4. The standard InChI is InChI=1S/C35H46N2O6/c1-4-25-23-36-20-18-35(32(36)22-28(25)29(24-41-2)33(39)42-3)30-12-8-9-13-31(30)37(34(35)40)19-10-6-5-7-11-21-43-27-16-14-26(38)15-17-27/h8-9,12-17,24-25,28,32,38H,4-7,10-11,18-23H2,1-3H3/b29-24+/t25-,28-,32?,35+/m0/s1. The van der Waals surface area contributed by atoms with Gasteiger partial charge in [0.05, 0.1) is 38.1 Å². The van der Waals surface area contributed by atoms with Crippen LogP contribution in [-0.2, 0) is 24.5 Å². The Labute approximate surface area is 255 Å². The highest BCUT2D eigenvalue weighted by atomic mass is 16.5. The topological polar surface area (TPSA) is 88.5 Å². The van der Waals surface area contributed by atoms with Crippen molar-refractivity contribution in [3.8, 4) is 11.5 Å². The molecule has 2 fully saturated rings. The zero-order valence-electron chi connectivity index (χ0n) is 25.8. The molecule has 2 aromatic carbocycles. The number of phenolic OH excluding ortho intramolecular Hbond substituents is 1. The lowest BCUT2D eigenvalue weighted by Crippen LogP contribution is -2.55. The molecule has 8 nitrogen and oxygen atoms in total. The molecule has 0 saturated carbocycles. The summed E-state index contributed by atoms with van der Waals surface area (Å²) in [5.41, 5.74) is 2.17. The van der Waals surface area contributed by atoms with Gasteiger partial charge in [0.2, 0.25) is 5.91 Å². The molecule has 0 bridgehead atoms. The molecule has 4 atom stereocenters. The Balaban J connectivity index is 1.23. The maximum Gasteiger partial charge on any atom is 0.337 e. The number of unbranched alkanes of at least 4 members (excludes halogenated alkanes) is 4. The third-order valence-corrected chi connectivity index (χ3v) is 9.84. The molecule has 8 heteroatoms. The monoisotopic (exact) mass is 590 g/mol. The van der Waals surface area contributed by atoms with Crippen LogP contribution in [0.2, 0.25) is 0 Å². The first-order valence-corrected chi connectivity index (χ1v) is 15.8. The van der Waals surface area contributed by atoms with Crippen molar-refractivity contribution in [1.29, 1.82) is 0 Å². The first kappa shape index (κ1) is 30.9. The number of rotatable bonds is 13. The van der Waals surface area contributed by atoms with Gasteiger partial charge >= 0.3 is 5.97 Å². The van der Waals surface area contributed by atoms with Gasteiger partial charge in [0.1, 0.15) is 11.5 Å². The van der Waals surface area contributed by atoms with Gasteiger partial charge < -0.3 is 24.2 Å². The fourth-order valence-corrected chi connectivity index (χ4v) is 7.68. The van der Waals surface area contributed by atoms with Gasteiger partial charge in [-0.15, -0.1) is 0 Å². The number of amides is 1. The smallest absolute Gasteiger partial charge is 0.337 e. The van der Waals surface area contributed by atoms with Crippen LogP contribution in [0, 0.1) is 11.8 Å². The highest BCUT2D eigenvalue weighted by molar-refractivity contribution is 6.09. The van der Waals surface area contributed by atoms with Crippen LogP contribution in [0.3, 0.4) is 0 Å². The average Bonchev–Trinajstić information content (AvgIpc) is 3.52. The molecule has 3 aliphatic heterocycles. The number of nitrogens with zero attached hydrogens (tertiary/aromatic N) is 2. The molecule has 2 aromatic rings. The van der Waals surface area contributed by atoms with E-state index >= 15 is 0 Å². The number of aromatic hydroxyl groups is 1. The highest BCUT2D eigenvalue weighted by Crippen LogP contribution is 2.55. The number of methoxy groups -OCH3 is 2. The fourth-order valence-electron chi connectivity index (χ4n) is 7.68. The number of esters is 1. The third-order valence-electron chi connectivity index (χ3n) is 9.84. The summed E-state index contributed by atoms with van der Waals surface area (Å²) in [6.45, 7) is 5.28. The molecule has 3 aliphatic rings. The molecule has 1 unspecified atom stereocenters. The van der Waals surface area contributed by atoms with Crippen molar-refractivity contribution in [2.45, 2.75) is 69.7 Å². The van der Waals surface area contributed by atoms with Crippen LogP contribution < -0.4 is 9.64 Å². The minimum Gasteiger partial charge on any atom is -0.508 e. The molecule has 2 saturated heterocycles. The maximum absolute atomic E-state index is 14.5. The quantitative estimate of drug-likeness (QED) is 0.136. The van der Waals surface area contributed by atoms with Crippen molar-refractivity contribution in [3.63, 3.8) is 0 Å². The molecule has 43 heavy (non-hydrogen) atoms. The van der Waals surface area contributed by atoms with E-state index in [0.717, 1.165) is 81.5 Å². The molecular formula is C35H46N2O6. The Morgan fingerprint density at radius 1 is 1.05 bits per heavy atom. The predicted octanol–water partition coefficient (Wildman–Crippen LogP) is 5.83. The summed E-state index contributed by atoms with van der Waals surface area (Å²) in [6, 6.07) is 15.2. The molecule has 5 rings (SSSR count). The summed E-state index contributed by atoms with van der Waals surface area (Å²) in [7, 11) is 2.98. The number of carbonyl (C=O) groups is 2. The lowest BCUT2D eigenvalue weighted by molar-refractivity contribution is -0.137. The van der Waals surface area contributed by atoms with Crippen molar-refractivity contribution in [1.82, 2.24) is 4.90 Å². The van der Waals surface area contributed by atoms with Crippen molar-refractivity contribution >= 4 is 17.6 Å². The minimum absolute atomic E-state index is 0.0254. The van der Waals surface area contributed by atoms with Gasteiger partial charge in [-0.25, -0.2) is 4.79 Å². The van der Waals surface area contributed by atoms with E-state index in [1.807, 2.05) is 11.0 Å². The van der Waals surface area contributed by atoms with Gasteiger partial charge in [-0.1, -0.05) is 50.8 Å². The first-order valence-electron chi connectivity index (χ1n) is 15.8. The normalized spacial score (nSPS) is 25.1. The number of anilines is 1. The molecule has 1 spiro atoms. The predicted molar refractivity (Wildman–Crippen MR) is 166 cm³/mol. The van der Waals surface area contributed by atoms with Crippen molar-refractivity contribution in [3.05, 3.63) is 65.9 Å². The number of para-hydroxylation sites is 1. The van der Waals surface area contributed by atoms with Crippen LogP contribution in [0.4, 0.5) is 5.69 Å². The summed E-state index contributed by atoms with van der Waals surface area (Å²) >= 11 is 0. The summed E-state index contributed by atoms with van der Waals surface area (Å²) in [5.74, 6) is 1.14. The second-order valence-electron chi connectivity index (χ2n) is 12.1. The average molecular weight is 591 g/mol. The number of hydrogen-bond acceptors (Lipinski definition) is 7. The Morgan fingerprint density at radius 3 is 2.53 bits per heavy atom. The molecule has 0 aromatic heterocycles. The number of piperidine rings is 1. The van der Waals surface area contributed by atoms with Gasteiger partial charge in [-0.05, 0) is 80.0 Å². The number of fused-ring (bicyclic) bond motifs is 4. The highest BCUT2D eigenvalue weighted by Gasteiger charge is 2.62. The second kappa shape index (κ2) is 13.8. The Morgan fingerprint density at radius 2 is 1.79 bits per heavy atom. The molecule has 1 N–H and O–H groups in total. The van der Waals surface area contributed by atoms with Crippen LogP contribution in [-0.4, -0.2) is 68.4 Å².